The summed E-state index contributed by atoms with van der Waals surface area (Å²) in [6.45, 7) is 7.89. The van der Waals surface area contributed by atoms with E-state index in [9.17, 15) is 13.2 Å². The molecule has 0 bridgehead atoms. The van der Waals surface area contributed by atoms with Gasteiger partial charge in [-0.15, -0.1) is 0 Å². The van der Waals surface area contributed by atoms with Gasteiger partial charge in [0.05, 0.1) is 31.1 Å². The highest BCUT2D eigenvalue weighted by Crippen LogP contribution is 2.25. The summed E-state index contributed by atoms with van der Waals surface area (Å²) >= 11 is 0. The molecule has 8 nitrogen and oxygen atoms in total. The highest BCUT2D eigenvalue weighted by molar-refractivity contribution is 7.89. The van der Waals surface area contributed by atoms with Crippen molar-refractivity contribution in [3.63, 3.8) is 0 Å². The van der Waals surface area contributed by atoms with Gasteiger partial charge < -0.3 is 10.1 Å². The minimum Gasteiger partial charge on any atom is -0.379 e. The van der Waals surface area contributed by atoms with E-state index < -0.39 is 10.0 Å². The van der Waals surface area contributed by atoms with E-state index >= 15 is 0 Å². The Bertz CT molecular complexity index is 1280. The normalized spacial score (nSPS) is 14.8. The van der Waals surface area contributed by atoms with Gasteiger partial charge in [0, 0.05) is 25.2 Å². The number of nitrogens with zero attached hydrogens (tertiary/aromatic N) is 3. The predicted molar refractivity (Wildman–Crippen MR) is 129 cm³/mol. The van der Waals surface area contributed by atoms with E-state index in [1.165, 1.54) is 4.31 Å². The lowest BCUT2D eigenvalue weighted by Crippen LogP contribution is -2.41. The molecule has 0 atom stereocenters. The van der Waals surface area contributed by atoms with Crippen molar-refractivity contribution in [3.8, 4) is 0 Å². The molecule has 180 valence electrons. The average Bonchev–Trinajstić information content (AvgIpc) is 3.11. The minimum absolute atomic E-state index is 0.141. The topological polar surface area (TPSA) is 93.5 Å². The molecular weight excluding hydrogens is 452 g/mol. The molecule has 4 rings (SSSR count). The largest absolute Gasteiger partial charge is 0.379 e. The summed E-state index contributed by atoms with van der Waals surface area (Å²) in [6, 6.07) is 15.3. The molecule has 0 unspecified atom stereocenters. The maximum absolute atomic E-state index is 13.2. The molecule has 1 aromatic heterocycles. The maximum atomic E-state index is 13.2. The molecule has 1 fully saturated rings. The third kappa shape index (κ3) is 5.22. The van der Waals surface area contributed by atoms with Gasteiger partial charge in [0.25, 0.3) is 5.91 Å². The van der Waals surface area contributed by atoms with E-state index in [4.69, 9.17) is 4.74 Å². The second kappa shape index (κ2) is 10.1. The highest BCUT2D eigenvalue weighted by atomic mass is 32.2. The number of rotatable bonds is 7. The van der Waals surface area contributed by atoms with Crippen LogP contribution in [0.4, 0.5) is 0 Å². The Labute approximate surface area is 200 Å². The molecule has 3 aromatic rings. The summed E-state index contributed by atoms with van der Waals surface area (Å²) in [6.07, 6.45) is 0. The Hall–Kier alpha value is -3.01. The fourth-order valence-corrected chi connectivity index (χ4v) is 5.95. The quantitative estimate of drug-likeness (QED) is 0.559. The number of amides is 1. The lowest BCUT2D eigenvalue weighted by atomic mass is 10.1. The van der Waals surface area contributed by atoms with Gasteiger partial charge in [-0.25, -0.2) is 8.42 Å². The second-order valence-corrected chi connectivity index (χ2v) is 10.4. The van der Waals surface area contributed by atoms with E-state index in [0.717, 1.165) is 16.7 Å². The fourth-order valence-electron chi connectivity index (χ4n) is 4.16. The van der Waals surface area contributed by atoms with Crippen LogP contribution in [0.1, 0.15) is 38.4 Å². The number of carbonyl (C=O) groups is 1. The highest BCUT2D eigenvalue weighted by Gasteiger charge is 2.32. The number of morpholine rings is 1. The molecule has 1 aliphatic heterocycles. The van der Waals surface area contributed by atoms with E-state index in [0.29, 0.717) is 56.3 Å². The van der Waals surface area contributed by atoms with Crippen LogP contribution in [0, 0.1) is 20.8 Å². The van der Waals surface area contributed by atoms with Crippen molar-refractivity contribution in [1.82, 2.24) is 19.4 Å². The number of benzene rings is 2. The molecule has 1 amide bonds. The third-order valence-electron chi connectivity index (χ3n) is 5.97. The lowest BCUT2D eigenvalue weighted by molar-refractivity contribution is 0.0730. The van der Waals surface area contributed by atoms with Crippen LogP contribution in [0.3, 0.4) is 0 Å². The fraction of sp³-hybridized carbons (Fsp3) is 0.360. The van der Waals surface area contributed by atoms with Crippen molar-refractivity contribution < 1.29 is 17.9 Å². The summed E-state index contributed by atoms with van der Waals surface area (Å²) in [5.74, 6) is -0.141. The van der Waals surface area contributed by atoms with Crippen LogP contribution in [0.15, 0.2) is 53.4 Å². The molecule has 0 saturated carbocycles. The first-order valence-electron chi connectivity index (χ1n) is 11.3. The zero-order chi connectivity index (χ0) is 24.3. The van der Waals surface area contributed by atoms with Crippen molar-refractivity contribution in [3.05, 3.63) is 82.2 Å². The molecule has 2 heterocycles. The van der Waals surface area contributed by atoms with Gasteiger partial charge in [-0.1, -0.05) is 42.0 Å². The number of aryl methyl sites for hydroxylation is 2. The van der Waals surface area contributed by atoms with E-state index in [2.05, 4.69) is 10.4 Å². The van der Waals surface area contributed by atoms with Crippen molar-refractivity contribution >= 4 is 15.9 Å². The molecule has 0 spiro atoms. The smallest absolute Gasteiger partial charge is 0.251 e. The predicted octanol–water partition coefficient (Wildman–Crippen LogP) is 2.81. The van der Waals surface area contributed by atoms with Gasteiger partial charge in [-0.05, 0) is 44.0 Å². The van der Waals surface area contributed by atoms with Crippen LogP contribution in [0.2, 0.25) is 0 Å². The van der Waals surface area contributed by atoms with E-state index in [1.54, 1.807) is 30.7 Å². The summed E-state index contributed by atoms with van der Waals surface area (Å²) in [7, 11) is -3.63. The number of aromatic nitrogens is 2. The van der Waals surface area contributed by atoms with Gasteiger partial charge in [-0.2, -0.15) is 9.40 Å². The molecule has 0 aliphatic carbocycles. The van der Waals surface area contributed by atoms with Gasteiger partial charge in [0.15, 0.2) is 0 Å². The number of hydrogen-bond donors (Lipinski definition) is 1. The van der Waals surface area contributed by atoms with Crippen LogP contribution in [0.5, 0.6) is 0 Å². The first-order chi connectivity index (χ1) is 16.3. The Morgan fingerprint density at radius 1 is 1.03 bits per heavy atom. The Balaban J connectivity index is 1.44. The Morgan fingerprint density at radius 2 is 1.74 bits per heavy atom. The van der Waals surface area contributed by atoms with Crippen molar-refractivity contribution in [2.75, 3.05) is 26.3 Å². The molecule has 34 heavy (non-hydrogen) atoms. The summed E-state index contributed by atoms with van der Waals surface area (Å²) in [5.41, 5.74) is 4.79. The first-order valence-corrected chi connectivity index (χ1v) is 12.7. The van der Waals surface area contributed by atoms with Crippen LogP contribution in [-0.2, 0) is 27.8 Å². The number of sulfonamides is 1. The van der Waals surface area contributed by atoms with Crippen molar-refractivity contribution in [2.24, 2.45) is 0 Å². The minimum atomic E-state index is -3.63. The molecule has 2 aromatic carbocycles. The average molecular weight is 483 g/mol. The summed E-state index contributed by atoms with van der Waals surface area (Å²) in [5, 5.41) is 7.44. The number of ether oxygens (including phenoxy) is 1. The SMILES string of the molecule is Cc1cccc(CNC(=O)c2ccc(Cn3nc(C)c(S(=O)(=O)N4CCOCC4)c3C)cc2)c1. The summed E-state index contributed by atoms with van der Waals surface area (Å²) < 4.78 is 34.8. The number of carbonyl (C=O) groups excluding carboxylic acids is 1. The van der Waals surface area contributed by atoms with E-state index in [1.807, 2.05) is 43.3 Å². The monoisotopic (exact) mass is 482 g/mol. The van der Waals surface area contributed by atoms with Gasteiger partial charge in [0.2, 0.25) is 10.0 Å². The maximum Gasteiger partial charge on any atom is 0.251 e. The second-order valence-electron chi connectivity index (χ2n) is 8.54. The summed E-state index contributed by atoms with van der Waals surface area (Å²) in [4.78, 5) is 12.8. The van der Waals surface area contributed by atoms with Gasteiger partial charge >= 0.3 is 0 Å². The molecular formula is C25H30N4O4S. The molecule has 1 aliphatic rings. The van der Waals surface area contributed by atoms with Crippen LogP contribution >= 0.6 is 0 Å². The van der Waals surface area contributed by atoms with Crippen molar-refractivity contribution in [1.29, 1.82) is 0 Å². The van der Waals surface area contributed by atoms with Crippen LogP contribution in [-0.4, -0.2) is 54.7 Å². The molecule has 1 N–H and O–H groups in total. The standard InChI is InChI=1S/C25H30N4O4S/c1-18-5-4-6-22(15-18)16-26-25(30)23-9-7-21(8-10-23)17-29-20(3)24(19(2)27-29)34(31,32)28-11-13-33-14-12-28/h4-10,15H,11-14,16-17H2,1-3H3,(H,26,30). The van der Waals surface area contributed by atoms with Crippen LogP contribution in [0.25, 0.3) is 0 Å². The van der Waals surface area contributed by atoms with Crippen molar-refractivity contribution in [2.45, 2.75) is 38.8 Å². The molecule has 1 saturated heterocycles. The first kappa shape index (κ1) is 24.1. The Kier molecular flexibility index (Phi) is 7.16. The number of hydrogen-bond acceptors (Lipinski definition) is 5. The van der Waals surface area contributed by atoms with Gasteiger partial charge in [-0.3, -0.25) is 9.48 Å². The molecule has 0 radical (unpaired) electrons. The van der Waals surface area contributed by atoms with Gasteiger partial charge in [0.1, 0.15) is 4.90 Å². The number of nitrogens with one attached hydrogen (secondary N) is 1. The Morgan fingerprint density at radius 3 is 2.41 bits per heavy atom. The van der Waals surface area contributed by atoms with E-state index in [-0.39, 0.29) is 10.8 Å². The van der Waals surface area contributed by atoms with Crippen LogP contribution < -0.4 is 5.32 Å². The third-order valence-corrected chi connectivity index (χ3v) is 8.12. The molecule has 9 heteroatoms. The lowest BCUT2D eigenvalue weighted by Gasteiger charge is -2.26. The zero-order valence-electron chi connectivity index (χ0n) is 19.7. The zero-order valence-corrected chi connectivity index (χ0v) is 20.6.